The number of ether oxygens (including phenoxy) is 1. The molecule has 1 aromatic carbocycles. The van der Waals surface area contributed by atoms with Gasteiger partial charge in [0.25, 0.3) is 0 Å². The van der Waals surface area contributed by atoms with Crippen LogP contribution in [0.3, 0.4) is 0 Å². The lowest BCUT2D eigenvalue weighted by Gasteiger charge is -2.37. The first kappa shape index (κ1) is 27.6. The Morgan fingerprint density at radius 2 is 1.79 bits per heavy atom. The van der Waals surface area contributed by atoms with Crippen LogP contribution in [0.5, 0.6) is 0 Å². The first-order valence-corrected chi connectivity index (χ1v) is 14.2. The van der Waals surface area contributed by atoms with E-state index in [2.05, 4.69) is 27.7 Å². The summed E-state index contributed by atoms with van der Waals surface area (Å²) in [6, 6.07) is 5.23. The Labute approximate surface area is 229 Å². The van der Waals surface area contributed by atoms with Gasteiger partial charge in [-0.3, -0.25) is 28.8 Å². The molecule has 2 amide bonds. The van der Waals surface area contributed by atoms with Crippen molar-refractivity contribution in [3.63, 3.8) is 0 Å². The Bertz CT molecular complexity index is 1310. The van der Waals surface area contributed by atoms with Gasteiger partial charge in [-0.15, -0.1) is 0 Å². The lowest BCUT2D eigenvalue weighted by Crippen LogP contribution is -2.48. The largest absolute Gasteiger partial charge is 0.459 e. The molecule has 10 heteroatoms. The van der Waals surface area contributed by atoms with Crippen molar-refractivity contribution in [2.24, 2.45) is 13.0 Å². The fraction of sp³-hybridized carbons (Fsp3) is 0.655. The van der Waals surface area contributed by atoms with Gasteiger partial charge in [-0.1, -0.05) is 6.07 Å². The van der Waals surface area contributed by atoms with E-state index in [-0.39, 0.29) is 30.0 Å². The summed E-state index contributed by atoms with van der Waals surface area (Å²) in [7, 11) is 1.74. The maximum absolute atomic E-state index is 13.1. The quantitative estimate of drug-likeness (QED) is 0.442. The molecule has 10 nitrogen and oxygen atoms in total. The van der Waals surface area contributed by atoms with E-state index in [1.165, 1.54) is 10.1 Å². The number of benzene rings is 1. The second kappa shape index (κ2) is 10.9. The van der Waals surface area contributed by atoms with Gasteiger partial charge in [-0.25, -0.2) is 4.79 Å². The van der Waals surface area contributed by atoms with Gasteiger partial charge < -0.3 is 15.0 Å². The summed E-state index contributed by atoms with van der Waals surface area (Å²) in [6.07, 6.45) is 4.51. The third kappa shape index (κ3) is 5.96. The smallest absolute Gasteiger partial charge is 0.329 e. The monoisotopic (exact) mass is 539 g/mol. The van der Waals surface area contributed by atoms with Crippen LogP contribution in [0.1, 0.15) is 76.8 Å². The predicted molar refractivity (Wildman–Crippen MR) is 147 cm³/mol. The summed E-state index contributed by atoms with van der Waals surface area (Å²) in [5.41, 5.74) is 2.04. The SMILES string of the molecule is Cn1c(=O)n(C2CCC(=O)NC2=O)c2ccc(C3CCN(CC4CCNC(C(=O)OC(C)(C)C)C4)CC3)cc21. The molecule has 212 valence electrons. The molecule has 2 aromatic rings. The minimum atomic E-state index is -0.669. The molecule has 0 aliphatic carbocycles. The minimum Gasteiger partial charge on any atom is -0.459 e. The van der Waals surface area contributed by atoms with Gasteiger partial charge in [-0.2, -0.15) is 0 Å². The highest BCUT2D eigenvalue weighted by Crippen LogP contribution is 2.32. The fourth-order valence-corrected chi connectivity index (χ4v) is 6.39. The van der Waals surface area contributed by atoms with Crippen molar-refractivity contribution in [1.82, 2.24) is 24.7 Å². The third-order valence-corrected chi connectivity index (χ3v) is 8.41. The number of likely N-dealkylation sites (tertiary alicyclic amines) is 1. The molecule has 5 rings (SSSR count). The van der Waals surface area contributed by atoms with Crippen LogP contribution in [0.2, 0.25) is 0 Å². The van der Waals surface area contributed by atoms with Gasteiger partial charge in [0.1, 0.15) is 17.7 Å². The van der Waals surface area contributed by atoms with E-state index < -0.39 is 17.6 Å². The topological polar surface area (TPSA) is 115 Å². The van der Waals surface area contributed by atoms with E-state index in [9.17, 15) is 19.2 Å². The summed E-state index contributed by atoms with van der Waals surface area (Å²) in [6.45, 7) is 9.54. The van der Waals surface area contributed by atoms with E-state index >= 15 is 0 Å². The number of nitrogens with one attached hydrogen (secondary N) is 2. The number of imide groups is 1. The number of hydrogen-bond acceptors (Lipinski definition) is 7. The Morgan fingerprint density at radius 3 is 2.49 bits per heavy atom. The molecule has 4 heterocycles. The molecule has 3 atom stereocenters. The zero-order valence-corrected chi connectivity index (χ0v) is 23.5. The van der Waals surface area contributed by atoms with Crippen LogP contribution in [0.25, 0.3) is 11.0 Å². The number of aryl methyl sites for hydroxylation is 1. The number of esters is 1. The van der Waals surface area contributed by atoms with E-state index in [0.717, 1.165) is 62.9 Å². The highest BCUT2D eigenvalue weighted by Gasteiger charge is 2.33. The van der Waals surface area contributed by atoms with E-state index in [1.54, 1.807) is 11.6 Å². The molecule has 3 saturated heterocycles. The Balaban J connectivity index is 1.21. The van der Waals surface area contributed by atoms with Crippen molar-refractivity contribution >= 4 is 28.8 Å². The Hall–Kier alpha value is -2.98. The molecule has 0 spiro atoms. The summed E-state index contributed by atoms with van der Waals surface area (Å²) >= 11 is 0. The molecule has 39 heavy (non-hydrogen) atoms. The average Bonchev–Trinajstić information content (AvgIpc) is 3.13. The number of nitrogens with zero attached hydrogens (tertiary/aromatic N) is 3. The highest BCUT2D eigenvalue weighted by molar-refractivity contribution is 6.00. The summed E-state index contributed by atoms with van der Waals surface area (Å²) in [5.74, 6) is 0.0206. The number of imidazole rings is 1. The standard InChI is InChI=1S/C29H41N5O5/c1-29(2,3)39-27(37)21-15-18(9-12-30-21)17-33-13-10-19(11-14-33)20-5-6-22-24(16-20)32(4)28(38)34(22)23-7-8-25(35)31-26(23)36/h5-6,16,18-19,21,23,30H,7-15,17H2,1-4H3,(H,31,35,36). The van der Waals surface area contributed by atoms with Crippen molar-refractivity contribution in [1.29, 1.82) is 0 Å². The minimum absolute atomic E-state index is 0.151. The molecule has 3 aliphatic heterocycles. The number of fused-ring (bicyclic) bond motifs is 1. The number of rotatable bonds is 5. The van der Waals surface area contributed by atoms with Crippen molar-refractivity contribution < 1.29 is 19.1 Å². The molecule has 3 aliphatic rings. The Kier molecular flexibility index (Phi) is 7.70. The maximum Gasteiger partial charge on any atom is 0.329 e. The van der Waals surface area contributed by atoms with Crippen LogP contribution in [-0.2, 0) is 26.2 Å². The molecule has 3 fully saturated rings. The second-order valence-corrected chi connectivity index (χ2v) is 12.4. The first-order valence-electron chi connectivity index (χ1n) is 14.2. The molecular formula is C29H41N5O5. The molecule has 0 radical (unpaired) electrons. The van der Waals surface area contributed by atoms with Crippen molar-refractivity contribution in [3.05, 3.63) is 34.2 Å². The van der Waals surface area contributed by atoms with Crippen molar-refractivity contribution in [3.8, 4) is 0 Å². The molecule has 0 bridgehead atoms. The number of piperidine rings is 3. The number of aromatic nitrogens is 2. The zero-order chi connectivity index (χ0) is 27.9. The average molecular weight is 540 g/mol. The number of amides is 2. The third-order valence-electron chi connectivity index (χ3n) is 8.41. The summed E-state index contributed by atoms with van der Waals surface area (Å²) in [5, 5.41) is 5.70. The van der Waals surface area contributed by atoms with Crippen LogP contribution in [0.4, 0.5) is 0 Å². The summed E-state index contributed by atoms with van der Waals surface area (Å²) in [4.78, 5) is 52.2. The van der Waals surface area contributed by atoms with Gasteiger partial charge in [0.05, 0.1) is 11.0 Å². The number of carbonyl (C=O) groups is 3. The predicted octanol–water partition coefficient (Wildman–Crippen LogP) is 2.21. The van der Waals surface area contributed by atoms with E-state index in [0.29, 0.717) is 18.3 Å². The summed E-state index contributed by atoms with van der Waals surface area (Å²) < 4.78 is 8.74. The molecular weight excluding hydrogens is 498 g/mol. The van der Waals surface area contributed by atoms with Gasteiger partial charge >= 0.3 is 11.7 Å². The Morgan fingerprint density at radius 1 is 1.05 bits per heavy atom. The van der Waals surface area contributed by atoms with E-state index in [4.69, 9.17) is 4.74 Å². The highest BCUT2D eigenvalue weighted by atomic mass is 16.6. The first-order chi connectivity index (χ1) is 18.5. The fourth-order valence-electron chi connectivity index (χ4n) is 6.39. The number of carbonyl (C=O) groups excluding carboxylic acids is 3. The lowest BCUT2D eigenvalue weighted by molar-refractivity contribution is -0.158. The van der Waals surface area contributed by atoms with Crippen LogP contribution < -0.4 is 16.3 Å². The van der Waals surface area contributed by atoms with Gasteiger partial charge in [0, 0.05) is 20.0 Å². The molecule has 3 unspecified atom stereocenters. The maximum atomic E-state index is 13.1. The second-order valence-electron chi connectivity index (χ2n) is 12.4. The molecule has 0 saturated carbocycles. The van der Waals surface area contributed by atoms with Crippen LogP contribution in [0.15, 0.2) is 23.0 Å². The molecule has 1 aromatic heterocycles. The van der Waals surface area contributed by atoms with Gasteiger partial charge in [0.2, 0.25) is 11.8 Å². The van der Waals surface area contributed by atoms with Gasteiger partial charge in [-0.05, 0) is 102 Å². The van der Waals surface area contributed by atoms with E-state index in [1.807, 2.05) is 26.8 Å². The van der Waals surface area contributed by atoms with Crippen LogP contribution >= 0.6 is 0 Å². The van der Waals surface area contributed by atoms with Crippen molar-refractivity contribution in [2.45, 2.75) is 82.9 Å². The van der Waals surface area contributed by atoms with Crippen molar-refractivity contribution in [2.75, 3.05) is 26.2 Å². The van der Waals surface area contributed by atoms with Gasteiger partial charge in [0.15, 0.2) is 0 Å². The zero-order valence-electron chi connectivity index (χ0n) is 23.5. The number of hydrogen-bond donors (Lipinski definition) is 2. The van der Waals surface area contributed by atoms with Crippen LogP contribution in [-0.4, -0.2) is 69.6 Å². The normalized spacial score (nSPS) is 25.6. The molecule has 2 N–H and O–H groups in total. The van der Waals surface area contributed by atoms with Crippen LogP contribution in [0, 0.1) is 5.92 Å². The lowest BCUT2D eigenvalue weighted by atomic mass is 9.87.